The topological polar surface area (TPSA) is 72.8 Å². The zero-order valence-corrected chi connectivity index (χ0v) is 9.57. The van der Waals surface area contributed by atoms with Crippen molar-refractivity contribution < 1.29 is 23.8 Å². The van der Waals surface area contributed by atoms with E-state index in [-0.39, 0.29) is 24.5 Å². The third-order valence-electron chi connectivity index (χ3n) is 2.65. The molecule has 0 radical (unpaired) electrons. The van der Waals surface area contributed by atoms with Crippen molar-refractivity contribution in [2.45, 2.75) is 12.5 Å². The number of rotatable bonds is 2. The molecular formula is C11H12F2N2O3. The number of carbonyl (C=O) groups is 1. The number of β-amino-alcohol motifs (C(OH)–C–C–N with tert-alkyl or cyclic N) is 1. The van der Waals surface area contributed by atoms with Crippen LogP contribution in [0.3, 0.4) is 0 Å². The molecule has 1 aliphatic heterocycles. The first-order chi connectivity index (χ1) is 8.28. The number of aliphatic hydroxyl groups is 1. The second-order valence-electron chi connectivity index (χ2n) is 4.57. The Morgan fingerprint density at radius 2 is 1.89 bits per heavy atom. The molecule has 0 unspecified atom stereocenters. The van der Waals surface area contributed by atoms with E-state index in [4.69, 9.17) is 5.11 Å². The number of amides is 1. The molecule has 1 heterocycles. The summed E-state index contributed by atoms with van der Waals surface area (Å²) in [6.45, 7) is 1.83. The van der Waals surface area contributed by atoms with Gasteiger partial charge in [-0.05, 0) is 19.1 Å². The summed E-state index contributed by atoms with van der Waals surface area (Å²) in [6.07, 6.45) is -1.39. The summed E-state index contributed by atoms with van der Waals surface area (Å²) in [5, 5.41) is 19.9. The van der Waals surface area contributed by atoms with Crippen molar-refractivity contribution in [3.8, 4) is 0 Å². The molecule has 1 aromatic carbocycles. The summed E-state index contributed by atoms with van der Waals surface area (Å²) in [4.78, 5) is 11.7. The first kappa shape index (κ1) is 12.6. The molecule has 98 valence electrons. The molecular weight excluding hydrogens is 246 g/mol. The van der Waals surface area contributed by atoms with Gasteiger partial charge in [0.25, 0.3) is 0 Å². The van der Waals surface area contributed by atoms with Gasteiger partial charge in [-0.15, -0.1) is 0 Å². The molecule has 5 nitrogen and oxygen atoms in total. The summed E-state index contributed by atoms with van der Waals surface area (Å²) in [7, 11) is 0. The summed E-state index contributed by atoms with van der Waals surface area (Å²) >= 11 is 0. The number of benzene rings is 1. The van der Waals surface area contributed by atoms with Gasteiger partial charge in [-0.3, -0.25) is 5.32 Å². The molecule has 18 heavy (non-hydrogen) atoms. The third-order valence-corrected chi connectivity index (χ3v) is 2.65. The van der Waals surface area contributed by atoms with Crippen molar-refractivity contribution in [3.05, 3.63) is 23.8 Å². The zero-order valence-electron chi connectivity index (χ0n) is 9.57. The van der Waals surface area contributed by atoms with Crippen LogP contribution in [0, 0.1) is 11.6 Å². The lowest BCUT2D eigenvalue weighted by atomic mass is 9.96. The highest BCUT2D eigenvalue weighted by atomic mass is 19.1. The molecule has 1 aliphatic rings. The fourth-order valence-corrected chi connectivity index (χ4v) is 2.00. The maximum atomic E-state index is 13.7. The van der Waals surface area contributed by atoms with Crippen LogP contribution in [-0.4, -0.2) is 35.0 Å². The Hall–Kier alpha value is -1.89. The molecule has 0 spiro atoms. The van der Waals surface area contributed by atoms with Crippen molar-refractivity contribution >= 4 is 17.5 Å². The number of anilines is 2. The van der Waals surface area contributed by atoms with Crippen molar-refractivity contribution in [1.82, 2.24) is 0 Å². The van der Waals surface area contributed by atoms with E-state index < -0.39 is 23.3 Å². The first-order valence-electron chi connectivity index (χ1n) is 5.25. The van der Waals surface area contributed by atoms with Gasteiger partial charge in [0.1, 0.15) is 5.69 Å². The number of nitrogens with one attached hydrogen (secondary N) is 1. The Labute approximate surface area is 102 Å². The average molecular weight is 258 g/mol. The monoisotopic (exact) mass is 258 g/mol. The summed E-state index contributed by atoms with van der Waals surface area (Å²) in [5.41, 5.74) is -1.37. The standard InChI is InChI=1S/C11H12F2N2O3/c1-11(18)4-15(5-11)9-7(12)2-6(3-8(9)13)14-10(16)17/h2-3,14,18H,4-5H2,1H3,(H,16,17). The van der Waals surface area contributed by atoms with Gasteiger partial charge in [0.2, 0.25) is 0 Å². The second-order valence-corrected chi connectivity index (χ2v) is 4.57. The third kappa shape index (κ3) is 2.35. The van der Waals surface area contributed by atoms with E-state index in [0.29, 0.717) is 0 Å². The Balaban J connectivity index is 2.25. The van der Waals surface area contributed by atoms with E-state index in [9.17, 15) is 18.7 Å². The molecule has 1 aromatic rings. The van der Waals surface area contributed by atoms with Crippen LogP contribution in [0.2, 0.25) is 0 Å². The van der Waals surface area contributed by atoms with Gasteiger partial charge in [-0.1, -0.05) is 0 Å². The van der Waals surface area contributed by atoms with E-state index in [0.717, 1.165) is 12.1 Å². The minimum atomic E-state index is -1.39. The van der Waals surface area contributed by atoms with Crippen LogP contribution in [0.1, 0.15) is 6.92 Å². The maximum Gasteiger partial charge on any atom is 0.409 e. The Morgan fingerprint density at radius 3 is 2.28 bits per heavy atom. The van der Waals surface area contributed by atoms with Gasteiger partial charge in [-0.25, -0.2) is 13.6 Å². The van der Waals surface area contributed by atoms with E-state index in [1.165, 1.54) is 4.90 Å². The lowest BCUT2D eigenvalue weighted by molar-refractivity contribution is 0.0302. The molecule has 1 saturated heterocycles. The number of carboxylic acid groups (broad SMARTS) is 1. The molecule has 0 aliphatic carbocycles. The molecule has 7 heteroatoms. The van der Waals surface area contributed by atoms with Gasteiger partial charge in [-0.2, -0.15) is 0 Å². The van der Waals surface area contributed by atoms with E-state index in [1.807, 2.05) is 5.32 Å². The molecule has 0 saturated carbocycles. The smallest absolute Gasteiger partial charge is 0.409 e. The largest absolute Gasteiger partial charge is 0.465 e. The maximum absolute atomic E-state index is 13.7. The molecule has 0 atom stereocenters. The Kier molecular flexibility index (Phi) is 2.86. The Bertz CT molecular complexity index is 474. The molecule has 0 aromatic heterocycles. The zero-order chi connectivity index (χ0) is 13.5. The number of nitrogens with zero attached hydrogens (tertiary/aromatic N) is 1. The van der Waals surface area contributed by atoms with Crippen molar-refractivity contribution in [2.75, 3.05) is 23.3 Å². The van der Waals surface area contributed by atoms with Crippen LogP contribution in [0.5, 0.6) is 0 Å². The van der Waals surface area contributed by atoms with Gasteiger partial charge in [0, 0.05) is 18.8 Å². The summed E-state index contributed by atoms with van der Waals surface area (Å²) in [5.74, 6) is -1.73. The predicted molar refractivity (Wildman–Crippen MR) is 60.8 cm³/mol. The fourth-order valence-electron chi connectivity index (χ4n) is 2.00. The SMILES string of the molecule is CC1(O)CN(c2c(F)cc(NC(=O)O)cc2F)C1. The quantitative estimate of drug-likeness (QED) is 0.753. The number of hydrogen-bond acceptors (Lipinski definition) is 3. The van der Waals surface area contributed by atoms with Gasteiger partial charge in [0.05, 0.1) is 5.60 Å². The van der Waals surface area contributed by atoms with Crippen LogP contribution < -0.4 is 10.2 Å². The normalized spacial score (nSPS) is 17.2. The minimum Gasteiger partial charge on any atom is -0.465 e. The van der Waals surface area contributed by atoms with Crippen LogP contribution in [-0.2, 0) is 0 Å². The summed E-state index contributed by atoms with van der Waals surface area (Å²) < 4.78 is 27.4. The average Bonchev–Trinajstić information content (AvgIpc) is 2.11. The fraction of sp³-hybridized carbons (Fsp3) is 0.364. The highest BCUT2D eigenvalue weighted by Gasteiger charge is 2.39. The second kappa shape index (κ2) is 4.09. The Morgan fingerprint density at radius 1 is 1.39 bits per heavy atom. The van der Waals surface area contributed by atoms with Crippen molar-refractivity contribution in [1.29, 1.82) is 0 Å². The molecule has 2 rings (SSSR count). The van der Waals surface area contributed by atoms with Crippen molar-refractivity contribution in [3.63, 3.8) is 0 Å². The lowest BCUT2D eigenvalue weighted by Crippen LogP contribution is -2.60. The molecule has 0 bridgehead atoms. The van der Waals surface area contributed by atoms with E-state index in [1.54, 1.807) is 6.92 Å². The van der Waals surface area contributed by atoms with Gasteiger partial charge in [0.15, 0.2) is 11.6 Å². The van der Waals surface area contributed by atoms with Crippen LogP contribution in [0.4, 0.5) is 25.0 Å². The lowest BCUT2D eigenvalue weighted by Gasteiger charge is -2.45. The van der Waals surface area contributed by atoms with Crippen LogP contribution in [0.25, 0.3) is 0 Å². The molecule has 3 N–H and O–H groups in total. The number of hydrogen-bond donors (Lipinski definition) is 3. The first-order valence-corrected chi connectivity index (χ1v) is 5.25. The van der Waals surface area contributed by atoms with Crippen molar-refractivity contribution in [2.24, 2.45) is 0 Å². The highest BCUT2D eigenvalue weighted by Crippen LogP contribution is 2.33. The summed E-state index contributed by atoms with van der Waals surface area (Å²) in [6, 6.07) is 1.80. The van der Waals surface area contributed by atoms with Crippen LogP contribution >= 0.6 is 0 Å². The number of halogens is 2. The van der Waals surface area contributed by atoms with Gasteiger partial charge >= 0.3 is 6.09 Å². The highest BCUT2D eigenvalue weighted by molar-refractivity contribution is 5.83. The molecule has 1 fully saturated rings. The predicted octanol–water partition coefficient (Wildman–Crippen LogP) is 1.63. The van der Waals surface area contributed by atoms with Gasteiger partial charge < -0.3 is 15.1 Å². The molecule has 1 amide bonds. The van der Waals surface area contributed by atoms with Crippen LogP contribution in [0.15, 0.2) is 12.1 Å². The minimum absolute atomic E-state index is 0.131. The van der Waals surface area contributed by atoms with E-state index >= 15 is 0 Å². The van der Waals surface area contributed by atoms with E-state index in [2.05, 4.69) is 0 Å².